The molecule has 0 aromatic heterocycles. The second-order valence-corrected chi connectivity index (χ2v) is 3.28. The minimum atomic E-state index is 0.415. The van der Waals surface area contributed by atoms with Crippen molar-refractivity contribution in [3.05, 3.63) is 0 Å². The van der Waals surface area contributed by atoms with Gasteiger partial charge in [0.2, 0.25) is 0 Å². The van der Waals surface area contributed by atoms with Crippen LogP contribution in [-0.4, -0.2) is 19.0 Å². The molecule has 0 fully saturated rings. The van der Waals surface area contributed by atoms with E-state index >= 15 is 0 Å². The molecular weight excluding hydrogens is 138 g/mol. The first kappa shape index (κ1) is 10.3. The maximum absolute atomic E-state index is 5.49. The third-order valence-corrected chi connectivity index (χ3v) is 1.46. The molecule has 0 aromatic rings. The molecule has 0 rings (SSSR count). The van der Waals surface area contributed by atoms with E-state index in [1.165, 1.54) is 0 Å². The van der Waals surface area contributed by atoms with Crippen LogP contribution < -0.4 is 11.1 Å². The van der Waals surface area contributed by atoms with E-state index in [-0.39, 0.29) is 0 Å². The summed E-state index contributed by atoms with van der Waals surface area (Å²) in [5.41, 5.74) is 5.49. The van der Waals surface area contributed by atoms with Crippen molar-refractivity contribution in [2.75, 3.05) is 7.05 Å². The first-order valence-corrected chi connectivity index (χ1v) is 4.05. The van der Waals surface area contributed by atoms with Gasteiger partial charge in [0, 0.05) is 13.1 Å². The zero-order chi connectivity index (χ0) is 8.85. The summed E-state index contributed by atoms with van der Waals surface area (Å²) >= 11 is 0. The van der Waals surface area contributed by atoms with Crippen molar-refractivity contribution in [2.45, 2.75) is 33.2 Å². The van der Waals surface area contributed by atoms with Gasteiger partial charge in [-0.2, -0.15) is 0 Å². The summed E-state index contributed by atoms with van der Waals surface area (Å²) in [5.74, 6) is 1.22. The van der Waals surface area contributed by atoms with Crippen LogP contribution in [-0.2, 0) is 0 Å². The summed E-state index contributed by atoms with van der Waals surface area (Å²) in [6, 6.07) is 0.415. The maximum Gasteiger partial charge on any atom is 0.188 e. The van der Waals surface area contributed by atoms with Crippen molar-refractivity contribution in [1.82, 2.24) is 5.32 Å². The van der Waals surface area contributed by atoms with E-state index in [1.807, 2.05) is 0 Å². The smallest absolute Gasteiger partial charge is 0.188 e. The van der Waals surface area contributed by atoms with E-state index in [2.05, 4.69) is 31.1 Å². The molecule has 0 aromatic carbocycles. The van der Waals surface area contributed by atoms with Gasteiger partial charge in [-0.3, -0.25) is 4.99 Å². The molecular formula is C8H19N3. The fourth-order valence-electron chi connectivity index (χ4n) is 1.08. The van der Waals surface area contributed by atoms with E-state index in [0.717, 1.165) is 6.42 Å². The minimum Gasteiger partial charge on any atom is -0.370 e. The Morgan fingerprint density at radius 2 is 2.00 bits per heavy atom. The Bertz CT molecular complexity index is 129. The Kier molecular flexibility index (Phi) is 4.66. The lowest BCUT2D eigenvalue weighted by Gasteiger charge is -2.15. The van der Waals surface area contributed by atoms with Crippen molar-refractivity contribution >= 4 is 5.96 Å². The predicted octanol–water partition coefficient (Wildman–Crippen LogP) is 0.955. The lowest BCUT2D eigenvalue weighted by atomic mass is 10.1. The SMILES string of the molecule is CN=C(N)NC(C)CC(C)C. The van der Waals surface area contributed by atoms with Crippen LogP contribution in [0.25, 0.3) is 0 Å². The second kappa shape index (κ2) is 4.99. The second-order valence-electron chi connectivity index (χ2n) is 3.28. The number of nitrogens with one attached hydrogen (secondary N) is 1. The number of hydrogen-bond acceptors (Lipinski definition) is 1. The highest BCUT2D eigenvalue weighted by molar-refractivity contribution is 5.77. The Morgan fingerprint density at radius 3 is 2.36 bits per heavy atom. The fraction of sp³-hybridized carbons (Fsp3) is 0.875. The largest absolute Gasteiger partial charge is 0.370 e. The van der Waals surface area contributed by atoms with Crippen LogP contribution in [0.4, 0.5) is 0 Å². The number of aliphatic imine (C=N–C) groups is 1. The van der Waals surface area contributed by atoms with Gasteiger partial charge < -0.3 is 11.1 Å². The average molecular weight is 157 g/mol. The van der Waals surface area contributed by atoms with Gasteiger partial charge in [0.25, 0.3) is 0 Å². The normalized spacial score (nSPS) is 15.2. The number of nitrogens with zero attached hydrogens (tertiary/aromatic N) is 1. The molecule has 0 saturated carbocycles. The first-order chi connectivity index (χ1) is 5.06. The highest BCUT2D eigenvalue weighted by atomic mass is 15.1. The van der Waals surface area contributed by atoms with Gasteiger partial charge in [0.05, 0.1) is 0 Å². The van der Waals surface area contributed by atoms with Gasteiger partial charge in [-0.05, 0) is 19.3 Å². The molecule has 0 radical (unpaired) electrons. The molecule has 0 amide bonds. The van der Waals surface area contributed by atoms with Crippen molar-refractivity contribution < 1.29 is 0 Å². The molecule has 3 heteroatoms. The number of hydrogen-bond donors (Lipinski definition) is 2. The summed E-state index contributed by atoms with van der Waals surface area (Å²) in [6.45, 7) is 6.49. The van der Waals surface area contributed by atoms with E-state index in [1.54, 1.807) is 7.05 Å². The first-order valence-electron chi connectivity index (χ1n) is 4.05. The van der Waals surface area contributed by atoms with Crippen LogP contribution in [0.2, 0.25) is 0 Å². The number of nitrogens with two attached hydrogens (primary N) is 1. The van der Waals surface area contributed by atoms with Gasteiger partial charge in [-0.25, -0.2) is 0 Å². The maximum atomic E-state index is 5.49. The van der Waals surface area contributed by atoms with Crippen LogP contribution in [0.5, 0.6) is 0 Å². The van der Waals surface area contributed by atoms with Gasteiger partial charge >= 0.3 is 0 Å². The summed E-state index contributed by atoms with van der Waals surface area (Å²) < 4.78 is 0. The van der Waals surface area contributed by atoms with E-state index < -0.39 is 0 Å². The van der Waals surface area contributed by atoms with E-state index in [4.69, 9.17) is 5.73 Å². The van der Waals surface area contributed by atoms with Gasteiger partial charge in [0.1, 0.15) is 0 Å². The van der Waals surface area contributed by atoms with Crippen molar-refractivity contribution in [3.8, 4) is 0 Å². The molecule has 3 N–H and O–H groups in total. The van der Waals surface area contributed by atoms with Crippen molar-refractivity contribution in [3.63, 3.8) is 0 Å². The van der Waals surface area contributed by atoms with Gasteiger partial charge in [0.15, 0.2) is 5.96 Å². The average Bonchev–Trinajstić information content (AvgIpc) is 1.85. The van der Waals surface area contributed by atoms with Crippen molar-refractivity contribution in [1.29, 1.82) is 0 Å². The van der Waals surface area contributed by atoms with Crippen LogP contribution in [0, 0.1) is 5.92 Å². The van der Waals surface area contributed by atoms with E-state index in [9.17, 15) is 0 Å². The van der Waals surface area contributed by atoms with Gasteiger partial charge in [-0.1, -0.05) is 13.8 Å². The zero-order valence-electron chi connectivity index (χ0n) is 7.89. The topological polar surface area (TPSA) is 50.4 Å². The quantitative estimate of drug-likeness (QED) is 0.473. The minimum absolute atomic E-state index is 0.415. The van der Waals surface area contributed by atoms with Crippen LogP contribution in [0.15, 0.2) is 4.99 Å². The molecule has 0 heterocycles. The van der Waals surface area contributed by atoms with Gasteiger partial charge in [-0.15, -0.1) is 0 Å². The predicted molar refractivity (Wildman–Crippen MR) is 49.6 cm³/mol. The molecule has 0 aliphatic carbocycles. The molecule has 1 atom stereocenters. The molecule has 0 aliphatic rings. The summed E-state index contributed by atoms with van der Waals surface area (Å²) in [7, 11) is 1.68. The zero-order valence-corrected chi connectivity index (χ0v) is 7.89. The number of guanidine groups is 1. The lowest BCUT2D eigenvalue weighted by molar-refractivity contribution is 0.490. The third kappa shape index (κ3) is 5.70. The molecule has 66 valence electrons. The highest BCUT2D eigenvalue weighted by Gasteiger charge is 2.03. The molecule has 0 aliphatic heterocycles. The molecule has 0 bridgehead atoms. The summed E-state index contributed by atoms with van der Waals surface area (Å²) in [4.78, 5) is 3.82. The van der Waals surface area contributed by atoms with E-state index in [0.29, 0.717) is 17.9 Å². The Labute approximate surface area is 69.1 Å². The Hall–Kier alpha value is -0.730. The standard InChI is InChI=1S/C8H19N3/c1-6(2)5-7(3)11-8(9)10-4/h6-7H,5H2,1-4H3,(H3,9,10,11). The monoisotopic (exact) mass is 157 g/mol. The molecule has 11 heavy (non-hydrogen) atoms. The van der Waals surface area contributed by atoms with Crippen LogP contribution in [0.1, 0.15) is 27.2 Å². The summed E-state index contributed by atoms with van der Waals surface area (Å²) in [6.07, 6.45) is 1.12. The van der Waals surface area contributed by atoms with Crippen LogP contribution >= 0.6 is 0 Å². The summed E-state index contributed by atoms with van der Waals surface area (Å²) in [5, 5.41) is 3.09. The number of rotatable bonds is 3. The Balaban J connectivity index is 3.60. The molecule has 0 saturated heterocycles. The third-order valence-electron chi connectivity index (χ3n) is 1.46. The molecule has 3 nitrogen and oxygen atoms in total. The lowest BCUT2D eigenvalue weighted by Crippen LogP contribution is -2.38. The van der Waals surface area contributed by atoms with Crippen LogP contribution in [0.3, 0.4) is 0 Å². The van der Waals surface area contributed by atoms with Crippen molar-refractivity contribution in [2.24, 2.45) is 16.6 Å². The molecule has 0 spiro atoms. The Morgan fingerprint density at radius 1 is 1.45 bits per heavy atom. The fourth-order valence-corrected chi connectivity index (χ4v) is 1.08. The highest BCUT2D eigenvalue weighted by Crippen LogP contribution is 2.02. The molecule has 1 unspecified atom stereocenters.